The fourth-order valence-electron chi connectivity index (χ4n) is 2.80. The lowest BCUT2D eigenvalue weighted by atomic mass is 9.63. The van der Waals surface area contributed by atoms with E-state index >= 15 is 0 Å². The van der Waals surface area contributed by atoms with Crippen LogP contribution in [0.2, 0.25) is 0 Å². The van der Waals surface area contributed by atoms with Gasteiger partial charge in [0.1, 0.15) is 5.60 Å². The van der Waals surface area contributed by atoms with E-state index < -0.39 is 11.7 Å². The number of nitrogens with one attached hydrogen (secondary N) is 2. The van der Waals surface area contributed by atoms with Crippen molar-refractivity contribution < 1.29 is 14.3 Å². The number of carbonyl (C=O) groups is 2. The first kappa shape index (κ1) is 19.0. The molecule has 0 bridgehead atoms. The third-order valence-electron chi connectivity index (χ3n) is 4.63. The van der Waals surface area contributed by atoms with Gasteiger partial charge >= 0.3 is 6.09 Å². The number of nitrogens with zero attached hydrogens (tertiary/aromatic N) is 1. The van der Waals surface area contributed by atoms with Crippen molar-refractivity contribution in [2.75, 3.05) is 0 Å². The van der Waals surface area contributed by atoms with Crippen LogP contribution in [0.15, 0.2) is 23.1 Å². The maximum Gasteiger partial charge on any atom is 0.407 e. The Morgan fingerprint density at radius 2 is 1.84 bits per heavy atom. The molecule has 7 heteroatoms. The molecule has 1 saturated carbocycles. The van der Waals surface area contributed by atoms with Crippen LogP contribution in [0.5, 0.6) is 0 Å². The lowest BCUT2D eigenvalue weighted by Crippen LogP contribution is -2.66. The number of rotatable bonds is 3. The van der Waals surface area contributed by atoms with Gasteiger partial charge in [0.2, 0.25) is 0 Å². The number of hydrogen-bond donors (Lipinski definition) is 2. The molecule has 0 spiro atoms. The summed E-state index contributed by atoms with van der Waals surface area (Å²) in [6, 6.07) is 2.75. The molecule has 0 aliphatic heterocycles. The van der Waals surface area contributed by atoms with E-state index in [1.165, 1.54) is 10.6 Å². The molecule has 1 fully saturated rings. The number of amides is 2. The number of hydrogen-bond acceptors (Lipinski definition) is 4. The molecular formula is C18H27N3O4. The summed E-state index contributed by atoms with van der Waals surface area (Å²) in [5.41, 5.74) is -0.760. The van der Waals surface area contributed by atoms with Gasteiger partial charge in [0, 0.05) is 42.4 Å². The van der Waals surface area contributed by atoms with Crippen molar-refractivity contribution in [3.8, 4) is 0 Å². The Kier molecular flexibility index (Phi) is 4.97. The van der Waals surface area contributed by atoms with Gasteiger partial charge in [-0.1, -0.05) is 13.8 Å². The standard InChI is InChI=1S/C18H27N3O4/c1-17(2,3)25-16(24)20-13-10-12(18(13,4)5)19-15(23)11-7-8-21(6)14(22)9-11/h7-9,12-13H,10H2,1-6H3,(H,19,23)(H,20,24)/t12-,13+/m1/s1. The summed E-state index contributed by atoms with van der Waals surface area (Å²) >= 11 is 0. The van der Waals surface area contributed by atoms with E-state index in [4.69, 9.17) is 4.74 Å². The third-order valence-corrected chi connectivity index (χ3v) is 4.63. The van der Waals surface area contributed by atoms with Gasteiger partial charge in [-0.25, -0.2) is 4.79 Å². The number of carbonyl (C=O) groups excluding carboxylic acids is 2. The summed E-state index contributed by atoms with van der Waals surface area (Å²) < 4.78 is 6.68. The van der Waals surface area contributed by atoms with E-state index in [1.54, 1.807) is 19.3 Å². The first-order valence-electron chi connectivity index (χ1n) is 8.37. The summed E-state index contributed by atoms with van der Waals surface area (Å²) in [5.74, 6) is -0.286. The second-order valence-electron chi connectivity index (χ2n) is 8.15. The predicted octanol–water partition coefficient (Wildman–Crippen LogP) is 1.81. The Morgan fingerprint density at radius 1 is 1.24 bits per heavy atom. The number of ether oxygens (including phenoxy) is 1. The van der Waals surface area contributed by atoms with E-state index in [0.717, 1.165) is 0 Å². The average molecular weight is 349 g/mol. The monoisotopic (exact) mass is 349 g/mol. The third kappa shape index (κ3) is 4.41. The molecule has 2 amide bonds. The molecule has 25 heavy (non-hydrogen) atoms. The zero-order valence-corrected chi connectivity index (χ0v) is 15.7. The summed E-state index contributed by atoms with van der Waals surface area (Å²) in [5, 5.41) is 5.80. The van der Waals surface area contributed by atoms with Gasteiger partial charge in [0.15, 0.2) is 0 Å². The normalized spacial score (nSPS) is 21.8. The molecule has 0 radical (unpaired) electrons. The van der Waals surface area contributed by atoms with Gasteiger partial charge in [-0.3, -0.25) is 9.59 Å². The number of aryl methyl sites for hydroxylation is 1. The maximum absolute atomic E-state index is 12.3. The van der Waals surface area contributed by atoms with Gasteiger partial charge in [-0.15, -0.1) is 0 Å². The van der Waals surface area contributed by atoms with Crippen LogP contribution in [-0.2, 0) is 11.8 Å². The van der Waals surface area contributed by atoms with Gasteiger partial charge in [-0.05, 0) is 33.3 Å². The number of pyridine rings is 1. The highest BCUT2D eigenvalue weighted by molar-refractivity contribution is 5.94. The zero-order valence-electron chi connectivity index (χ0n) is 15.7. The Balaban J connectivity index is 1.95. The fourth-order valence-corrected chi connectivity index (χ4v) is 2.80. The highest BCUT2D eigenvalue weighted by Gasteiger charge is 2.50. The van der Waals surface area contributed by atoms with Crippen LogP contribution in [0.3, 0.4) is 0 Å². The molecule has 1 aromatic rings. The molecule has 7 nitrogen and oxygen atoms in total. The molecule has 1 aliphatic rings. The average Bonchev–Trinajstić information content (AvgIpc) is 2.47. The summed E-state index contributed by atoms with van der Waals surface area (Å²) in [6.45, 7) is 9.39. The van der Waals surface area contributed by atoms with Crippen LogP contribution in [0.1, 0.15) is 51.4 Å². The number of aromatic nitrogens is 1. The van der Waals surface area contributed by atoms with Crippen molar-refractivity contribution in [3.63, 3.8) is 0 Å². The van der Waals surface area contributed by atoms with E-state index in [1.807, 2.05) is 34.6 Å². The largest absolute Gasteiger partial charge is 0.444 e. The molecule has 1 aromatic heterocycles. The van der Waals surface area contributed by atoms with Crippen LogP contribution in [-0.4, -0.2) is 34.3 Å². The highest BCUT2D eigenvalue weighted by atomic mass is 16.6. The second-order valence-corrected chi connectivity index (χ2v) is 8.15. The lowest BCUT2D eigenvalue weighted by Gasteiger charge is -2.52. The summed E-state index contributed by atoms with van der Waals surface area (Å²) in [6.07, 6.45) is 1.72. The van der Waals surface area contributed by atoms with Gasteiger partial charge in [-0.2, -0.15) is 0 Å². The Morgan fingerprint density at radius 3 is 2.36 bits per heavy atom. The maximum atomic E-state index is 12.3. The van der Waals surface area contributed by atoms with Crippen molar-refractivity contribution in [1.82, 2.24) is 15.2 Å². The minimum atomic E-state index is -0.551. The van der Waals surface area contributed by atoms with Gasteiger partial charge < -0.3 is 19.9 Å². The first-order chi connectivity index (χ1) is 11.4. The van der Waals surface area contributed by atoms with Crippen LogP contribution in [0.4, 0.5) is 4.79 Å². The molecule has 2 N–H and O–H groups in total. The topological polar surface area (TPSA) is 89.4 Å². The predicted molar refractivity (Wildman–Crippen MR) is 94.5 cm³/mol. The van der Waals surface area contributed by atoms with E-state index in [-0.39, 0.29) is 29.0 Å². The van der Waals surface area contributed by atoms with E-state index in [9.17, 15) is 14.4 Å². The summed E-state index contributed by atoms with van der Waals surface area (Å²) in [4.78, 5) is 35.9. The molecule has 0 aromatic carbocycles. The van der Waals surface area contributed by atoms with Crippen molar-refractivity contribution in [2.45, 2.75) is 58.7 Å². The van der Waals surface area contributed by atoms with Crippen molar-refractivity contribution in [3.05, 3.63) is 34.2 Å². The van der Waals surface area contributed by atoms with Crippen LogP contribution in [0, 0.1) is 5.41 Å². The smallest absolute Gasteiger partial charge is 0.407 e. The molecule has 2 atom stereocenters. The van der Waals surface area contributed by atoms with Crippen molar-refractivity contribution in [2.24, 2.45) is 12.5 Å². The molecule has 1 aliphatic carbocycles. The molecular weight excluding hydrogens is 322 g/mol. The first-order valence-corrected chi connectivity index (χ1v) is 8.37. The SMILES string of the molecule is Cn1ccc(C(=O)N[C@@H]2C[C@H](NC(=O)OC(C)(C)C)C2(C)C)cc1=O. The molecule has 0 unspecified atom stereocenters. The van der Waals surface area contributed by atoms with Crippen molar-refractivity contribution in [1.29, 1.82) is 0 Å². The van der Waals surface area contributed by atoms with Gasteiger partial charge in [0.25, 0.3) is 11.5 Å². The van der Waals surface area contributed by atoms with Crippen LogP contribution in [0.25, 0.3) is 0 Å². The van der Waals surface area contributed by atoms with E-state index in [0.29, 0.717) is 12.0 Å². The van der Waals surface area contributed by atoms with Crippen molar-refractivity contribution >= 4 is 12.0 Å². The van der Waals surface area contributed by atoms with Crippen LogP contribution >= 0.6 is 0 Å². The minimum Gasteiger partial charge on any atom is -0.444 e. The quantitative estimate of drug-likeness (QED) is 0.871. The molecule has 138 valence electrons. The molecule has 2 rings (SSSR count). The van der Waals surface area contributed by atoms with Crippen LogP contribution < -0.4 is 16.2 Å². The Hall–Kier alpha value is -2.31. The van der Waals surface area contributed by atoms with Gasteiger partial charge in [0.05, 0.1) is 0 Å². The Labute approximate surface area is 147 Å². The Bertz CT molecular complexity index is 731. The zero-order chi connectivity index (χ0) is 19.0. The van der Waals surface area contributed by atoms with E-state index in [2.05, 4.69) is 10.6 Å². The highest BCUT2D eigenvalue weighted by Crippen LogP contribution is 2.40. The molecule has 1 heterocycles. The fraction of sp³-hybridized carbons (Fsp3) is 0.611. The number of alkyl carbamates (subject to hydrolysis) is 1. The molecule has 0 saturated heterocycles. The lowest BCUT2D eigenvalue weighted by molar-refractivity contribution is 0.0170. The minimum absolute atomic E-state index is 0.0868. The summed E-state index contributed by atoms with van der Waals surface area (Å²) in [7, 11) is 1.63. The second kappa shape index (κ2) is 6.54.